The Kier molecular flexibility index (Phi) is 4.48. The number of hydrogen-bond acceptors (Lipinski definition) is 4. The molecule has 102 valence electrons. The van der Waals surface area contributed by atoms with Crippen LogP contribution in [0, 0.1) is 0 Å². The fourth-order valence-electron chi connectivity index (χ4n) is 2.23. The Bertz CT molecular complexity index is 449. The number of rotatable bonds is 4. The van der Waals surface area contributed by atoms with Crippen LogP contribution in [0.3, 0.4) is 0 Å². The third kappa shape index (κ3) is 3.52. The fraction of sp³-hybridized carbons (Fsp3) is 0.385. The predicted octanol–water partition coefficient (Wildman–Crippen LogP) is -0.808. The molecule has 0 aromatic heterocycles. The number of amides is 2. The number of hydrogen-bond donors (Lipinski definition) is 3. The molecular weight excluding hydrogens is 244 g/mol. The average molecular weight is 262 g/mol. The van der Waals surface area contributed by atoms with E-state index in [4.69, 9.17) is 5.84 Å². The minimum atomic E-state index is -0.364. The number of piperazine rings is 1. The van der Waals surface area contributed by atoms with Gasteiger partial charge in [-0.05, 0) is 5.56 Å². The molecule has 1 aromatic rings. The lowest BCUT2D eigenvalue weighted by Gasteiger charge is -2.29. The van der Waals surface area contributed by atoms with E-state index in [2.05, 4.69) is 10.7 Å². The summed E-state index contributed by atoms with van der Waals surface area (Å²) in [5, 5.41) is 2.76. The second-order valence-corrected chi connectivity index (χ2v) is 4.56. The lowest BCUT2D eigenvalue weighted by atomic mass is 9.97. The van der Waals surface area contributed by atoms with Gasteiger partial charge in [0, 0.05) is 19.6 Å². The van der Waals surface area contributed by atoms with Crippen LogP contribution in [0.25, 0.3) is 0 Å². The van der Waals surface area contributed by atoms with Gasteiger partial charge in [-0.3, -0.25) is 19.9 Å². The topological polar surface area (TPSA) is 87.5 Å². The van der Waals surface area contributed by atoms with E-state index in [1.807, 2.05) is 35.2 Å². The molecule has 6 heteroatoms. The molecule has 1 aliphatic heterocycles. The number of carbonyl (C=O) groups is 2. The number of hydrazine groups is 1. The van der Waals surface area contributed by atoms with E-state index >= 15 is 0 Å². The molecule has 1 atom stereocenters. The van der Waals surface area contributed by atoms with E-state index in [0.29, 0.717) is 19.6 Å². The molecule has 6 nitrogen and oxygen atoms in total. The zero-order valence-electron chi connectivity index (χ0n) is 10.6. The SMILES string of the molecule is NNC(=O)C(CN1CCNC(=O)C1)c1ccccc1. The highest BCUT2D eigenvalue weighted by molar-refractivity contribution is 5.83. The number of carbonyl (C=O) groups excluding carboxylic acids is 2. The molecule has 19 heavy (non-hydrogen) atoms. The molecule has 0 bridgehead atoms. The third-order valence-electron chi connectivity index (χ3n) is 3.22. The van der Waals surface area contributed by atoms with Crippen molar-refractivity contribution in [3.8, 4) is 0 Å². The van der Waals surface area contributed by atoms with Crippen molar-refractivity contribution in [1.29, 1.82) is 0 Å². The Balaban J connectivity index is 2.10. The fourth-order valence-corrected chi connectivity index (χ4v) is 2.23. The summed E-state index contributed by atoms with van der Waals surface area (Å²) in [5.74, 6) is 4.63. The van der Waals surface area contributed by atoms with Crippen LogP contribution >= 0.6 is 0 Å². The third-order valence-corrected chi connectivity index (χ3v) is 3.22. The minimum Gasteiger partial charge on any atom is -0.354 e. The van der Waals surface area contributed by atoms with Crippen LogP contribution in [0.5, 0.6) is 0 Å². The quantitative estimate of drug-likeness (QED) is 0.376. The van der Waals surface area contributed by atoms with Gasteiger partial charge in [-0.1, -0.05) is 30.3 Å². The van der Waals surface area contributed by atoms with Crippen molar-refractivity contribution in [2.75, 3.05) is 26.2 Å². The highest BCUT2D eigenvalue weighted by atomic mass is 16.2. The molecule has 2 amide bonds. The average Bonchev–Trinajstić information content (AvgIpc) is 2.45. The summed E-state index contributed by atoms with van der Waals surface area (Å²) in [7, 11) is 0. The van der Waals surface area contributed by atoms with E-state index < -0.39 is 0 Å². The van der Waals surface area contributed by atoms with E-state index in [-0.39, 0.29) is 17.7 Å². The van der Waals surface area contributed by atoms with Gasteiger partial charge in [0.15, 0.2) is 0 Å². The summed E-state index contributed by atoms with van der Waals surface area (Å²) in [4.78, 5) is 25.2. The monoisotopic (exact) mass is 262 g/mol. The highest BCUT2D eigenvalue weighted by Crippen LogP contribution is 2.17. The minimum absolute atomic E-state index is 0.00813. The zero-order valence-corrected chi connectivity index (χ0v) is 10.6. The first-order chi connectivity index (χ1) is 9.20. The molecule has 0 radical (unpaired) electrons. The van der Waals surface area contributed by atoms with E-state index in [0.717, 1.165) is 12.1 Å². The van der Waals surface area contributed by atoms with Gasteiger partial charge in [-0.2, -0.15) is 0 Å². The number of nitrogens with two attached hydrogens (primary N) is 1. The van der Waals surface area contributed by atoms with E-state index in [1.54, 1.807) is 0 Å². The Morgan fingerprint density at radius 3 is 2.79 bits per heavy atom. The first kappa shape index (κ1) is 13.5. The molecule has 2 rings (SSSR count). The Morgan fingerprint density at radius 2 is 2.16 bits per heavy atom. The largest absolute Gasteiger partial charge is 0.354 e. The first-order valence-electron chi connectivity index (χ1n) is 6.25. The summed E-state index contributed by atoms with van der Waals surface area (Å²) >= 11 is 0. The number of nitrogens with zero attached hydrogens (tertiary/aromatic N) is 1. The maximum atomic E-state index is 11.9. The molecule has 1 fully saturated rings. The van der Waals surface area contributed by atoms with Crippen LogP contribution in [-0.4, -0.2) is 42.9 Å². The van der Waals surface area contributed by atoms with Gasteiger partial charge in [0.2, 0.25) is 11.8 Å². The predicted molar refractivity (Wildman–Crippen MR) is 71.0 cm³/mol. The maximum absolute atomic E-state index is 11.9. The van der Waals surface area contributed by atoms with Gasteiger partial charge in [0.1, 0.15) is 0 Å². The van der Waals surface area contributed by atoms with E-state index in [1.165, 1.54) is 0 Å². The Hall–Kier alpha value is -1.92. The van der Waals surface area contributed by atoms with Gasteiger partial charge in [-0.25, -0.2) is 5.84 Å². The normalized spacial score (nSPS) is 17.6. The summed E-state index contributed by atoms with van der Waals surface area (Å²) < 4.78 is 0. The smallest absolute Gasteiger partial charge is 0.242 e. The van der Waals surface area contributed by atoms with Gasteiger partial charge < -0.3 is 5.32 Å². The summed E-state index contributed by atoms with van der Waals surface area (Å²) in [6.45, 7) is 2.17. The van der Waals surface area contributed by atoms with Crippen LogP contribution < -0.4 is 16.6 Å². The molecule has 1 aromatic carbocycles. The lowest BCUT2D eigenvalue weighted by Crippen LogP contribution is -2.50. The van der Waals surface area contributed by atoms with Crippen LogP contribution in [0.1, 0.15) is 11.5 Å². The van der Waals surface area contributed by atoms with Gasteiger partial charge in [-0.15, -0.1) is 0 Å². The highest BCUT2D eigenvalue weighted by Gasteiger charge is 2.25. The van der Waals surface area contributed by atoms with Crippen molar-refractivity contribution in [2.45, 2.75) is 5.92 Å². The van der Waals surface area contributed by atoms with Crippen molar-refractivity contribution < 1.29 is 9.59 Å². The Labute approximate surface area is 111 Å². The molecule has 1 aliphatic rings. The number of nitrogens with one attached hydrogen (secondary N) is 2. The van der Waals surface area contributed by atoms with Crippen LogP contribution in [0.2, 0.25) is 0 Å². The van der Waals surface area contributed by atoms with Gasteiger partial charge in [0.05, 0.1) is 12.5 Å². The second kappa shape index (κ2) is 6.31. The maximum Gasteiger partial charge on any atom is 0.242 e. The van der Waals surface area contributed by atoms with Crippen LogP contribution in [0.15, 0.2) is 30.3 Å². The second-order valence-electron chi connectivity index (χ2n) is 4.56. The number of benzene rings is 1. The summed E-state index contributed by atoms with van der Waals surface area (Å²) in [6, 6.07) is 9.45. The molecular formula is C13H18N4O2. The standard InChI is InChI=1S/C13H18N4O2/c14-16-13(19)11(10-4-2-1-3-5-10)8-17-7-6-15-12(18)9-17/h1-5,11H,6-9,14H2,(H,15,18)(H,16,19). The Morgan fingerprint density at radius 1 is 1.42 bits per heavy atom. The van der Waals surface area contributed by atoms with E-state index in [9.17, 15) is 9.59 Å². The summed E-state index contributed by atoms with van der Waals surface area (Å²) in [6.07, 6.45) is 0. The van der Waals surface area contributed by atoms with Crippen LogP contribution in [-0.2, 0) is 9.59 Å². The molecule has 0 aliphatic carbocycles. The van der Waals surface area contributed by atoms with Gasteiger partial charge >= 0.3 is 0 Å². The first-order valence-corrected chi connectivity index (χ1v) is 6.25. The lowest BCUT2D eigenvalue weighted by molar-refractivity contribution is -0.126. The summed E-state index contributed by atoms with van der Waals surface area (Å²) in [5.41, 5.74) is 3.10. The zero-order chi connectivity index (χ0) is 13.7. The molecule has 1 heterocycles. The van der Waals surface area contributed by atoms with Crippen molar-refractivity contribution in [3.05, 3.63) is 35.9 Å². The van der Waals surface area contributed by atoms with Crippen molar-refractivity contribution >= 4 is 11.8 Å². The molecule has 1 saturated heterocycles. The molecule has 1 unspecified atom stereocenters. The van der Waals surface area contributed by atoms with Gasteiger partial charge in [0.25, 0.3) is 0 Å². The molecule has 0 spiro atoms. The molecule has 4 N–H and O–H groups in total. The van der Waals surface area contributed by atoms with Crippen molar-refractivity contribution in [2.24, 2.45) is 5.84 Å². The van der Waals surface area contributed by atoms with Crippen molar-refractivity contribution in [1.82, 2.24) is 15.6 Å². The molecule has 0 saturated carbocycles. The van der Waals surface area contributed by atoms with Crippen LogP contribution in [0.4, 0.5) is 0 Å². The van der Waals surface area contributed by atoms with Crippen molar-refractivity contribution in [3.63, 3.8) is 0 Å².